The lowest BCUT2D eigenvalue weighted by molar-refractivity contribution is 0.194. The fourth-order valence-electron chi connectivity index (χ4n) is 2.69. The van der Waals surface area contributed by atoms with Crippen molar-refractivity contribution < 1.29 is 5.11 Å². The van der Waals surface area contributed by atoms with Crippen LogP contribution in [0.1, 0.15) is 31.6 Å². The Morgan fingerprint density at radius 1 is 1.26 bits per heavy atom. The molecule has 2 heterocycles. The largest absolute Gasteiger partial charge is 0.387 e. The van der Waals surface area contributed by atoms with Crippen LogP contribution >= 0.6 is 0 Å². The van der Waals surface area contributed by atoms with Crippen molar-refractivity contribution in [2.75, 3.05) is 37.6 Å². The van der Waals surface area contributed by atoms with Gasteiger partial charge in [0, 0.05) is 32.7 Å². The van der Waals surface area contributed by atoms with E-state index in [-0.39, 0.29) is 0 Å². The number of pyridine rings is 1. The summed E-state index contributed by atoms with van der Waals surface area (Å²) in [6.45, 7) is 7.54. The Morgan fingerprint density at radius 2 is 2.00 bits per heavy atom. The monoisotopic (exact) mass is 261 g/mol. The number of aromatic nitrogens is 1. The molecule has 3 rings (SSSR count). The number of piperazine rings is 1. The van der Waals surface area contributed by atoms with Crippen LogP contribution in [0.3, 0.4) is 0 Å². The molecule has 1 saturated heterocycles. The lowest BCUT2D eigenvalue weighted by atomic mass is 10.2. The second-order valence-corrected chi connectivity index (χ2v) is 5.85. The molecule has 1 aliphatic carbocycles. The lowest BCUT2D eigenvalue weighted by Gasteiger charge is -2.36. The minimum absolute atomic E-state index is 0.482. The first-order chi connectivity index (χ1) is 9.22. The smallest absolute Gasteiger partial charge is 0.0931 e. The first-order valence-corrected chi connectivity index (χ1v) is 7.33. The molecule has 1 aromatic rings. The Bertz CT molecular complexity index is 406. The predicted molar refractivity (Wildman–Crippen MR) is 76.2 cm³/mol. The first-order valence-electron chi connectivity index (χ1n) is 7.33. The zero-order valence-electron chi connectivity index (χ0n) is 11.6. The van der Waals surface area contributed by atoms with Gasteiger partial charge in [0.2, 0.25) is 0 Å². The molecule has 1 N–H and O–H groups in total. The summed E-state index contributed by atoms with van der Waals surface area (Å²) in [5, 5.41) is 9.47. The molecule has 1 aromatic heterocycles. The quantitative estimate of drug-likeness (QED) is 0.895. The van der Waals surface area contributed by atoms with Gasteiger partial charge >= 0.3 is 0 Å². The molecule has 0 radical (unpaired) electrons. The molecule has 4 nitrogen and oxygen atoms in total. The van der Waals surface area contributed by atoms with Gasteiger partial charge in [0.1, 0.15) is 0 Å². The minimum Gasteiger partial charge on any atom is -0.387 e. The summed E-state index contributed by atoms with van der Waals surface area (Å²) in [5.41, 5.74) is 1.92. The summed E-state index contributed by atoms with van der Waals surface area (Å²) in [5.74, 6) is 0.985. The first kappa shape index (κ1) is 12.9. The Hall–Kier alpha value is -1.13. The predicted octanol–water partition coefficient (Wildman–Crippen LogP) is 1.67. The molecule has 104 valence electrons. The Labute approximate surface area is 115 Å². The van der Waals surface area contributed by atoms with E-state index < -0.39 is 6.10 Å². The van der Waals surface area contributed by atoms with Gasteiger partial charge in [-0.25, -0.2) is 0 Å². The van der Waals surface area contributed by atoms with Crippen molar-refractivity contribution >= 4 is 5.69 Å². The van der Waals surface area contributed by atoms with E-state index in [0.29, 0.717) is 0 Å². The van der Waals surface area contributed by atoms with Crippen molar-refractivity contribution in [3.8, 4) is 0 Å². The number of anilines is 1. The van der Waals surface area contributed by atoms with Gasteiger partial charge in [-0.3, -0.25) is 9.88 Å². The van der Waals surface area contributed by atoms with Crippen LogP contribution in [0.2, 0.25) is 0 Å². The number of aliphatic hydroxyl groups is 1. The molecule has 1 aliphatic heterocycles. The van der Waals surface area contributed by atoms with Gasteiger partial charge in [0.05, 0.1) is 23.7 Å². The van der Waals surface area contributed by atoms with Crippen molar-refractivity contribution in [3.63, 3.8) is 0 Å². The third-order valence-electron chi connectivity index (χ3n) is 4.15. The summed E-state index contributed by atoms with van der Waals surface area (Å²) >= 11 is 0. The van der Waals surface area contributed by atoms with Gasteiger partial charge in [0.25, 0.3) is 0 Å². The van der Waals surface area contributed by atoms with Crippen LogP contribution in [0, 0.1) is 5.92 Å². The van der Waals surface area contributed by atoms with Crippen molar-refractivity contribution in [2.24, 2.45) is 5.92 Å². The van der Waals surface area contributed by atoms with Gasteiger partial charge in [-0.15, -0.1) is 0 Å². The number of hydrogen-bond donors (Lipinski definition) is 1. The van der Waals surface area contributed by atoms with Crippen LogP contribution < -0.4 is 4.90 Å². The van der Waals surface area contributed by atoms with Gasteiger partial charge in [0.15, 0.2) is 0 Å². The van der Waals surface area contributed by atoms with E-state index in [0.717, 1.165) is 37.8 Å². The lowest BCUT2D eigenvalue weighted by Crippen LogP contribution is -2.47. The molecule has 1 atom stereocenters. The second kappa shape index (κ2) is 5.47. The fraction of sp³-hybridized carbons (Fsp3) is 0.667. The molecule has 4 heteroatoms. The zero-order chi connectivity index (χ0) is 13.2. The molecule has 0 bridgehead atoms. The van der Waals surface area contributed by atoms with E-state index in [1.54, 1.807) is 6.92 Å². The van der Waals surface area contributed by atoms with E-state index in [2.05, 4.69) is 20.9 Å². The number of aliphatic hydroxyl groups excluding tert-OH is 1. The highest BCUT2D eigenvalue weighted by atomic mass is 16.3. The highest BCUT2D eigenvalue weighted by Gasteiger charge is 2.26. The topological polar surface area (TPSA) is 39.6 Å². The summed E-state index contributed by atoms with van der Waals surface area (Å²) < 4.78 is 0. The van der Waals surface area contributed by atoms with Crippen LogP contribution in [-0.2, 0) is 0 Å². The summed E-state index contributed by atoms with van der Waals surface area (Å²) in [6, 6.07) is 4.00. The van der Waals surface area contributed by atoms with Gasteiger partial charge in [-0.1, -0.05) is 0 Å². The number of hydrogen-bond acceptors (Lipinski definition) is 4. The Morgan fingerprint density at radius 3 is 2.53 bits per heavy atom. The van der Waals surface area contributed by atoms with Crippen LogP contribution in [-0.4, -0.2) is 47.7 Å². The van der Waals surface area contributed by atoms with E-state index in [9.17, 15) is 5.11 Å². The van der Waals surface area contributed by atoms with Gasteiger partial charge in [-0.2, -0.15) is 0 Å². The summed E-state index contributed by atoms with van der Waals surface area (Å²) in [7, 11) is 0. The van der Waals surface area contributed by atoms with Gasteiger partial charge < -0.3 is 10.0 Å². The highest BCUT2D eigenvalue weighted by Crippen LogP contribution is 2.30. The van der Waals surface area contributed by atoms with Crippen LogP contribution in [0.4, 0.5) is 5.69 Å². The van der Waals surface area contributed by atoms with Crippen LogP contribution in [0.5, 0.6) is 0 Å². The second-order valence-electron chi connectivity index (χ2n) is 5.85. The summed E-state index contributed by atoms with van der Waals surface area (Å²) in [6.07, 6.45) is 4.28. The maximum atomic E-state index is 9.47. The summed E-state index contributed by atoms with van der Waals surface area (Å²) in [4.78, 5) is 9.31. The molecule has 0 amide bonds. The normalized spacial score (nSPS) is 22.5. The van der Waals surface area contributed by atoms with Crippen molar-refractivity contribution in [1.82, 2.24) is 9.88 Å². The zero-order valence-corrected chi connectivity index (χ0v) is 11.6. The van der Waals surface area contributed by atoms with Gasteiger partial charge in [-0.05, 0) is 37.8 Å². The Kier molecular flexibility index (Phi) is 3.71. The third kappa shape index (κ3) is 3.25. The maximum absolute atomic E-state index is 9.47. The van der Waals surface area contributed by atoms with E-state index in [1.807, 2.05) is 12.3 Å². The molecule has 1 saturated carbocycles. The molecule has 19 heavy (non-hydrogen) atoms. The minimum atomic E-state index is -0.482. The number of nitrogens with zero attached hydrogens (tertiary/aromatic N) is 3. The molecular weight excluding hydrogens is 238 g/mol. The van der Waals surface area contributed by atoms with Crippen LogP contribution in [0.25, 0.3) is 0 Å². The fourth-order valence-corrected chi connectivity index (χ4v) is 2.69. The molecule has 2 fully saturated rings. The molecule has 2 aliphatic rings. The van der Waals surface area contributed by atoms with E-state index in [1.165, 1.54) is 25.1 Å². The maximum Gasteiger partial charge on any atom is 0.0931 e. The average Bonchev–Trinajstić information content (AvgIpc) is 3.24. The Balaban J connectivity index is 1.55. The highest BCUT2D eigenvalue weighted by molar-refractivity contribution is 5.45. The van der Waals surface area contributed by atoms with Crippen molar-refractivity contribution in [3.05, 3.63) is 24.0 Å². The van der Waals surface area contributed by atoms with Crippen molar-refractivity contribution in [1.29, 1.82) is 0 Å². The van der Waals surface area contributed by atoms with Crippen LogP contribution in [0.15, 0.2) is 18.3 Å². The third-order valence-corrected chi connectivity index (χ3v) is 4.15. The average molecular weight is 261 g/mol. The van der Waals surface area contributed by atoms with Crippen molar-refractivity contribution in [2.45, 2.75) is 25.9 Å². The molecular formula is C15H23N3O. The SMILES string of the molecule is C[C@H](O)c1ccc(N2CCN(CC3CC3)CC2)cn1. The van der Waals surface area contributed by atoms with E-state index >= 15 is 0 Å². The number of rotatable bonds is 4. The van der Waals surface area contributed by atoms with E-state index in [4.69, 9.17) is 0 Å². The molecule has 0 aromatic carbocycles. The standard InChI is InChI=1S/C15H23N3O/c1-12(19)15-5-4-14(10-16-15)18-8-6-17(7-9-18)11-13-2-3-13/h4-5,10,12-13,19H,2-3,6-9,11H2,1H3/t12-/m0/s1. The molecule has 0 spiro atoms. The molecule has 0 unspecified atom stereocenters.